The summed E-state index contributed by atoms with van der Waals surface area (Å²) in [5.74, 6) is 1.84. The van der Waals surface area contributed by atoms with Gasteiger partial charge in [0.1, 0.15) is 0 Å². The van der Waals surface area contributed by atoms with Crippen LogP contribution in [0.4, 0.5) is 0 Å². The van der Waals surface area contributed by atoms with Gasteiger partial charge in [0.25, 0.3) is 0 Å². The molecule has 1 fully saturated rings. The number of nitrogens with one attached hydrogen (secondary N) is 2. The quantitative estimate of drug-likeness (QED) is 0.274. The lowest BCUT2D eigenvalue weighted by atomic mass is 10.0. The van der Waals surface area contributed by atoms with Gasteiger partial charge in [0, 0.05) is 27.2 Å². The highest BCUT2D eigenvalue weighted by Gasteiger charge is 2.14. The average Bonchev–Trinajstić information content (AvgIpc) is 3.09. The molecule has 0 radical (unpaired) electrons. The van der Waals surface area contributed by atoms with E-state index in [4.69, 9.17) is 4.74 Å². The second-order valence-corrected chi connectivity index (χ2v) is 6.35. The van der Waals surface area contributed by atoms with Crippen molar-refractivity contribution >= 4 is 29.9 Å². The first-order valence-corrected chi connectivity index (χ1v) is 8.83. The fourth-order valence-electron chi connectivity index (χ4n) is 3.32. The number of methoxy groups -OCH3 is 1. The maximum absolute atomic E-state index is 5.26. The number of nitrogens with zero attached hydrogens (tertiary/aromatic N) is 1. The monoisotopic (exact) mass is 445 g/mol. The largest absolute Gasteiger partial charge is 0.380 e. The van der Waals surface area contributed by atoms with E-state index in [0.717, 1.165) is 25.0 Å². The molecule has 136 valence electrons. The Balaban J connectivity index is 0.00000288. The summed E-state index contributed by atoms with van der Waals surface area (Å²) in [6.07, 6.45) is 8.31. The zero-order valence-electron chi connectivity index (χ0n) is 15.0. The Morgan fingerprint density at radius 1 is 1.17 bits per heavy atom. The summed E-state index contributed by atoms with van der Waals surface area (Å²) >= 11 is 0. The number of halogens is 1. The molecule has 5 heteroatoms. The van der Waals surface area contributed by atoms with E-state index < -0.39 is 0 Å². The summed E-state index contributed by atoms with van der Waals surface area (Å²) in [7, 11) is 3.56. The number of benzene rings is 1. The SMILES string of the molecule is CN=C(NCCCC1CCCC1)NCc1ccccc1COC.I. The summed E-state index contributed by atoms with van der Waals surface area (Å²) in [4.78, 5) is 4.31. The van der Waals surface area contributed by atoms with E-state index >= 15 is 0 Å². The molecule has 0 unspecified atom stereocenters. The summed E-state index contributed by atoms with van der Waals surface area (Å²) in [5, 5.41) is 6.82. The van der Waals surface area contributed by atoms with Crippen LogP contribution < -0.4 is 10.6 Å². The molecule has 24 heavy (non-hydrogen) atoms. The molecule has 0 heterocycles. The lowest BCUT2D eigenvalue weighted by Gasteiger charge is -2.15. The van der Waals surface area contributed by atoms with Crippen LogP contribution in [0.2, 0.25) is 0 Å². The van der Waals surface area contributed by atoms with Gasteiger partial charge >= 0.3 is 0 Å². The fourth-order valence-corrected chi connectivity index (χ4v) is 3.32. The molecule has 2 N–H and O–H groups in total. The Hall–Kier alpha value is -0.820. The first-order chi connectivity index (χ1) is 11.3. The molecule has 0 spiro atoms. The molecular formula is C19H32IN3O. The number of aliphatic imine (C=N–C) groups is 1. The Morgan fingerprint density at radius 2 is 1.88 bits per heavy atom. The van der Waals surface area contributed by atoms with Crippen LogP contribution in [0.25, 0.3) is 0 Å². The van der Waals surface area contributed by atoms with Gasteiger partial charge < -0.3 is 15.4 Å². The van der Waals surface area contributed by atoms with Crippen molar-refractivity contribution in [3.8, 4) is 0 Å². The highest BCUT2D eigenvalue weighted by atomic mass is 127. The van der Waals surface area contributed by atoms with Crippen LogP contribution in [0.5, 0.6) is 0 Å². The third-order valence-corrected chi connectivity index (χ3v) is 4.64. The van der Waals surface area contributed by atoms with E-state index in [-0.39, 0.29) is 24.0 Å². The van der Waals surface area contributed by atoms with Crippen molar-refractivity contribution in [1.29, 1.82) is 0 Å². The zero-order chi connectivity index (χ0) is 16.3. The normalized spacial score (nSPS) is 15.2. The van der Waals surface area contributed by atoms with Crippen molar-refractivity contribution in [2.45, 2.75) is 51.7 Å². The van der Waals surface area contributed by atoms with E-state index in [1.54, 1.807) is 7.11 Å². The van der Waals surface area contributed by atoms with Crippen LogP contribution in [0, 0.1) is 5.92 Å². The average molecular weight is 445 g/mol. The molecule has 1 aromatic rings. The summed E-state index contributed by atoms with van der Waals surface area (Å²) in [6.45, 7) is 2.41. The Bertz CT molecular complexity index is 487. The Morgan fingerprint density at radius 3 is 2.54 bits per heavy atom. The molecule has 1 aromatic carbocycles. The van der Waals surface area contributed by atoms with Crippen molar-refractivity contribution in [2.75, 3.05) is 20.7 Å². The fraction of sp³-hybridized carbons (Fsp3) is 0.632. The molecule has 1 saturated carbocycles. The lowest BCUT2D eigenvalue weighted by molar-refractivity contribution is 0.184. The number of guanidine groups is 1. The summed E-state index contributed by atoms with van der Waals surface area (Å²) in [6, 6.07) is 8.36. The van der Waals surface area contributed by atoms with Crippen molar-refractivity contribution in [3.63, 3.8) is 0 Å². The molecule has 0 aliphatic heterocycles. The molecular weight excluding hydrogens is 413 g/mol. The first-order valence-electron chi connectivity index (χ1n) is 8.83. The minimum Gasteiger partial charge on any atom is -0.380 e. The number of rotatable bonds is 8. The second kappa shape index (κ2) is 12.5. The number of hydrogen-bond donors (Lipinski definition) is 2. The molecule has 4 nitrogen and oxygen atoms in total. The van der Waals surface area contributed by atoms with Crippen molar-refractivity contribution in [1.82, 2.24) is 10.6 Å². The van der Waals surface area contributed by atoms with E-state index in [0.29, 0.717) is 6.61 Å². The maximum atomic E-state index is 5.26. The third kappa shape index (κ3) is 7.38. The van der Waals surface area contributed by atoms with Crippen molar-refractivity contribution < 1.29 is 4.74 Å². The molecule has 2 rings (SSSR count). The van der Waals surface area contributed by atoms with Gasteiger partial charge in [0.05, 0.1) is 6.61 Å². The van der Waals surface area contributed by atoms with Crippen LogP contribution >= 0.6 is 24.0 Å². The summed E-state index contributed by atoms with van der Waals surface area (Å²) < 4.78 is 5.26. The van der Waals surface area contributed by atoms with Gasteiger partial charge in [0.2, 0.25) is 0 Å². The molecule has 0 atom stereocenters. The van der Waals surface area contributed by atoms with E-state index in [1.165, 1.54) is 49.7 Å². The van der Waals surface area contributed by atoms with Crippen LogP contribution in [0.3, 0.4) is 0 Å². The molecule has 1 aliphatic rings. The first kappa shape index (κ1) is 21.2. The highest BCUT2D eigenvalue weighted by Crippen LogP contribution is 2.28. The lowest BCUT2D eigenvalue weighted by Crippen LogP contribution is -2.37. The van der Waals surface area contributed by atoms with E-state index in [2.05, 4.69) is 33.8 Å². The van der Waals surface area contributed by atoms with Crippen LogP contribution in [0.1, 0.15) is 49.7 Å². The smallest absolute Gasteiger partial charge is 0.191 e. The number of hydrogen-bond acceptors (Lipinski definition) is 2. The van der Waals surface area contributed by atoms with Gasteiger partial charge in [-0.05, 0) is 29.9 Å². The highest BCUT2D eigenvalue weighted by molar-refractivity contribution is 14.0. The van der Waals surface area contributed by atoms with Crippen LogP contribution in [0.15, 0.2) is 29.3 Å². The maximum Gasteiger partial charge on any atom is 0.191 e. The topological polar surface area (TPSA) is 45.7 Å². The Kier molecular flexibility index (Phi) is 11.1. The number of ether oxygens (including phenoxy) is 1. The summed E-state index contributed by atoms with van der Waals surface area (Å²) in [5.41, 5.74) is 2.47. The zero-order valence-corrected chi connectivity index (χ0v) is 17.3. The van der Waals surface area contributed by atoms with Gasteiger partial charge in [-0.25, -0.2) is 0 Å². The van der Waals surface area contributed by atoms with Gasteiger partial charge in [-0.2, -0.15) is 0 Å². The van der Waals surface area contributed by atoms with E-state index in [1.807, 2.05) is 13.1 Å². The predicted octanol–water partition coefficient (Wildman–Crippen LogP) is 4.09. The Labute approximate surface area is 163 Å². The minimum atomic E-state index is 0. The van der Waals surface area contributed by atoms with Crippen molar-refractivity contribution in [2.24, 2.45) is 10.9 Å². The van der Waals surface area contributed by atoms with Gasteiger partial charge in [-0.1, -0.05) is 49.9 Å². The van der Waals surface area contributed by atoms with E-state index in [9.17, 15) is 0 Å². The van der Waals surface area contributed by atoms with Crippen LogP contribution in [-0.2, 0) is 17.9 Å². The predicted molar refractivity (Wildman–Crippen MR) is 112 cm³/mol. The molecule has 0 saturated heterocycles. The standard InChI is InChI=1S/C19H31N3O.HI/c1-20-19(21-13-7-10-16-8-3-4-9-16)22-14-17-11-5-6-12-18(17)15-23-2;/h5-6,11-12,16H,3-4,7-10,13-15H2,1-2H3,(H2,20,21,22);1H. The van der Waals surface area contributed by atoms with Gasteiger partial charge in [0.15, 0.2) is 5.96 Å². The van der Waals surface area contributed by atoms with Crippen molar-refractivity contribution in [3.05, 3.63) is 35.4 Å². The van der Waals surface area contributed by atoms with Gasteiger partial charge in [-0.15, -0.1) is 24.0 Å². The molecule has 0 bridgehead atoms. The molecule has 0 amide bonds. The van der Waals surface area contributed by atoms with Crippen LogP contribution in [-0.4, -0.2) is 26.7 Å². The minimum absolute atomic E-state index is 0. The van der Waals surface area contributed by atoms with Gasteiger partial charge in [-0.3, -0.25) is 4.99 Å². The third-order valence-electron chi connectivity index (χ3n) is 4.64. The molecule has 0 aromatic heterocycles. The molecule has 1 aliphatic carbocycles. The second-order valence-electron chi connectivity index (χ2n) is 6.35.